The Morgan fingerprint density at radius 3 is 0.846 bits per heavy atom. The summed E-state index contributed by atoms with van der Waals surface area (Å²) in [6.45, 7) is 10.2. The van der Waals surface area contributed by atoms with Crippen LogP contribution in [0.25, 0.3) is 0 Å². The van der Waals surface area contributed by atoms with Crippen LogP contribution in [0.4, 0.5) is 0 Å². The topological polar surface area (TPSA) is 52.6 Å². The third-order valence-electron chi connectivity index (χ3n) is 7.10. The fraction of sp³-hybridized carbons (Fsp3) is 0.941. The van der Waals surface area contributed by atoms with Crippen molar-refractivity contribution in [2.45, 2.75) is 195 Å². The second kappa shape index (κ2) is 40.2. The smallest absolute Gasteiger partial charge is 1.00 e. The van der Waals surface area contributed by atoms with Crippen molar-refractivity contribution in [3.63, 3.8) is 0 Å². The Balaban J connectivity index is -0.000000843. The van der Waals surface area contributed by atoms with Crippen molar-refractivity contribution in [3.8, 4) is 0 Å². The summed E-state index contributed by atoms with van der Waals surface area (Å²) in [4.78, 5) is 23.6. The van der Waals surface area contributed by atoms with E-state index in [1.807, 2.05) is 13.8 Å². The molecule has 5 heteroatoms. The molecule has 0 unspecified atom stereocenters. The Labute approximate surface area is 268 Å². The molecule has 0 spiro atoms. The Bertz CT molecular complexity index is 475. The van der Waals surface area contributed by atoms with Gasteiger partial charge in [0.1, 0.15) is 0 Å². The van der Waals surface area contributed by atoms with E-state index in [4.69, 9.17) is 9.47 Å². The maximum Gasteiger partial charge on any atom is 1.00 e. The van der Waals surface area contributed by atoms with E-state index in [0.29, 0.717) is 12.8 Å². The summed E-state index contributed by atoms with van der Waals surface area (Å²) in [5.41, 5.74) is 0. The molecular weight excluding hydrogens is 495 g/mol. The Morgan fingerprint density at radius 1 is 0.410 bits per heavy atom. The van der Waals surface area contributed by atoms with E-state index < -0.39 is 0 Å². The van der Waals surface area contributed by atoms with Crippen LogP contribution in [-0.4, -0.2) is 25.2 Å². The molecule has 230 valence electrons. The van der Waals surface area contributed by atoms with E-state index in [2.05, 4.69) is 13.8 Å². The van der Waals surface area contributed by atoms with Gasteiger partial charge in [-0.15, -0.1) is 0 Å². The van der Waals surface area contributed by atoms with Crippen molar-refractivity contribution >= 4 is 11.9 Å². The van der Waals surface area contributed by atoms with Crippen LogP contribution in [0, 0.1) is 0 Å². The van der Waals surface area contributed by atoms with Crippen LogP contribution >= 0.6 is 0 Å². The molecule has 0 heterocycles. The predicted octanol–water partition coefficient (Wildman–Crippen LogP) is 8.40. The number of carbonyl (C=O) groups excluding carboxylic acids is 2. The molecular formula is C34H69NaO4. The second-order valence-electron chi connectivity index (χ2n) is 10.9. The van der Waals surface area contributed by atoms with Gasteiger partial charge in [-0.2, -0.15) is 0 Å². The van der Waals surface area contributed by atoms with Crippen molar-refractivity contribution in [2.75, 3.05) is 13.2 Å². The number of rotatable bonds is 28. The van der Waals surface area contributed by atoms with Gasteiger partial charge in [0.2, 0.25) is 0 Å². The molecule has 0 N–H and O–H groups in total. The van der Waals surface area contributed by atoms with Gasteiger partial charge in [0.05, 0.1) is 0 Å². The molecule has 0 aliphatic carbocycles. The first-order valence-corrected chi connectivity index (χ1v) is 16.9. The van der Waals surface area contributed by atoms with E-state index in [1.165, 1.54) is 128 Å². The molecule has 0 atom stereocenters. The Kier molecular flexibility index (Phi) is 44.9. The third-order valence-corrected chi connectivity index (χ3v) is 7.10. The van der Waals surface area contributed by atoms with Crippen LogP contribution in [0.1, 0.15) is 196 Å². The predicted molar refractivity (Wildman–Crippen MR) is 166 cm³/mol. The van der Waals surface area contributed by atoms with E-state index >= 15 is 0 Å². The molecule has 0 fully saturated rings. The second-order valence-corrected chi connectivity index (χ2v) is 10.9. The molecule has 0 aliphatic heterocycles. The van der Waals surface area contributed by atoms with Gasteiger partial charge >= 0.3 is 41.5 Å². The van der Waals surface area contributed by atoms with Crippen LogP contribution in [0.5, 0.6) is 0 Å². The SMILES string of the molecule is CCCCCCCCCCCCCCCCCC(=O)OC(=O)CCCCCCCCCCC.CCOCC.[H-].[Na+]. The average molecular weight is 565 g/mol. The van der Waals surface area contributed by atoms with Crippen molar-refractivity contribution in [1.82, 2.24) is 0 Å². The molecule has 4 nitrogen and oxygen atoms in total. The van der Waals surface area contributed by atoms with Gasteiger partial charge in [-0.25, -0.2) is 0 Å². The molecule has 0 amide bonds. The van der Waals surface area contributed by atoms with Gasteiger partial charge in [-0.1, -0.05) is 155 Å². The first-order valence-electron chi connectivity index (χ1n) is 16.9. The van der Waals surface area contributed by atoms with Gasteiger partial charge in [0.15, 0.2) is 0 Å². The fourth-order valence-corrected chi connectivity index (χ4v) is 4.65. The summed E-state index contributed by atoms with van der Waals surface area (Å²) < 4.78 is 9.80. The quantitative estimate of drug-likeness (QED) is 0.0414. The van der Waals surface area contributed by atoms with Crippen LogP contribution < -0.4 is 29.6 Å². The molecule has 0 bridgehead atoms. The average Bonchev–Trinajstić information content (AvgIpc) is 2.90. The van der Waals surface area contributed by atoms with Crippen LogP contribution in [0.15, 0.2) is 0 Å². The minimum absolute atomic E-state index is 0. The molecule has 0 aliphatic rings. The summed E-state index contributed by atoms with van der Waals surface area (Å²) in [6.07, 6.45) is 31.4. The van der Waals surface area contributed by atoms with Crippen LogP contribution in [0.3, 0.4) is 0 Å². The summed E-state index contributed by atoms with van der Waals surface area (Å²) in [5, 5.41) is 0. The van der Waals surface area contributed by atoms with Gasteiger partial charge in [0, 0.05) is 26.1 Å². The number of unbranched alkanes of at least 4 members (excludes halogenated alkanes) is 22. The summed E-state index contributed by atoms with van der Waals surface area (Å²) >= 11 is 0. The number of carbonyl (C=O) groups is 2. The van der Waals surface area contributed by atoms with Crippen molar-refractivity contribution < 1.29 is 50.0 Å². The molecule has 0 rings (SSSR count). The molecule has 0 saturated carbocycles. The molecule has 0 aromatic heterocycles. The minimum Gasteiger partial charge on any atom is -1.00 e. The summed E-state index contributed by atoms with van der Waals surface area (Å²) in [6, 6.07) is 0. The summed E-state index contributed by atoms with van der Waals surface area (Å²) in [5.74, 6) is -0.658. The van der Waals surface area contributed by atoms with Gasteiger partial charge in [0.25, 0.3) is 0 Å². The van der Waals surface area contributed by atoms with E-state index in [0.717, 1.165) is 38.9 Å². The number of hydrogen-bond donors (Lipinski definition) is 0. The largest absolute Gasteiger partial charge is 1.00 e. The van der Waals surface area contributed by atoms with Crippen molar-refractivity contribution in [2.24, 2.45) is 0 Å². The molecule has 0 radical (unpaired) electrons. The Morgan fingerprint density at radius 2 is 0.641 bits per heavy atom. The van der Waals surface area contributed by atoms with Gasteiger partial charge in [-0.05, 0) is 26.7 Å². The number of hydrogen-bond acceptors (Lipinski definition) is 4. The molecule has 0 aromatic rings. The monoisotopic (exact) mass is 565 g/mol. The van der Waals surface area contributed by atoms with Gasteiger partial charge < -0.3 is 10.9 Å². The maximum atomic E-state index is 11.8. The van der Waals surface area contributed by atoms with Gasteiger partial charge in [-0.3, -0.25) is 9.59 Å². The van der Waals surface area contributed by atoms with Crippen molar-refractivity contribution in [1.29, 1.82) is 0 Å². The first kappa shape index (κ1) is 43.6. The van der Waals surface area contributed by atoms with E-state index in [-0.39, 0.29) is 42.9 Å². The van der Waals surface area contributed by atoms with Crippen molar-refractivity contribution in [3.05, 3.63) is 0 Å². The standard InChI is InChI=1S/C30H58O3.C4H10O.Na.H/c1-3-5-7-9-11-13-14-15-16-17-18-20-22-24-26-28-30(32)33-29(31)27-25-23-21-19-12-10-8-6-4-2;1-3-5-4-2;;/h3-28H2,1-2H3;3-4H2,1-2H3;;/q;;+1;-1. The normalized spacial score (nSPS) is 10.5. The molecule has 39 heavy (non-hydrogen) atoms. The zero-order valence-electron chi connectivity index (χ0n) is 28.4. The Hall–Kier alpha value is 0.1000. The molecule has 0 aromatic carbocycles. The van der Waals surface area contributed by atoms with Crippen LogP contribution in [0.2, 0.25) is 0 Å². The van der Waals surface area contributed by atoms with E-state index in [1.54, 1.807) is 0 Å². The van der Waals surface area contributed by atoms with E-state index in [9.17, 15) is 9.59 Å². The zero-order chi connectivity index (χ0) is 28.4. The van der Waals surface area contributed by atoms with Crippen LogP contribution in [-0.2, 0) is 19.1 Å². The number of esters is 2. The fourth-order valence-electron chi connectivity index (χ4n) is 4.65. The minimum atomic E-state index is -0.330. The summed E-state index contributed by atoms with van der Waals surface area (Å²) in [7, 11) is 0. The first-order chi connectivity index (χ1) is 18.6. The zero-order valence-corrected chi connectivity index (χ0v) is 29.4. The maximum absolute atomic E-state index is 11.8. The number of ether oxygens (including phenoxy) is 2. The molecule has 0 saturated heterocycles. The third kappa shape index (κ3) is 42.7.